The Labute approximate surface area is 263 Å². The van der Waals surface area contributed by atoms with E-state index in [9.17, 15) is 18.8 Å². The van der Waals surface area contributed by atoms with Gasteiger partial charge in [-0.1, -0.05) is 24.3 Å². The number of pyridine rings is 1. The summed E-state index contributed by atoms with van der Waals surface area (Å²) in [7, 11) is 0. The molecule has 1 amide bonds. The summed E-state index contributed by atoms with van der Waals surface area (Å²) in [5, 5.41) is 2.03. The molecule has 5 atom stereocenters. The predicted molar refractivity (Wildman–Crippen MR) is 163 cm³/mol. The molecular formula is C34H33F2N3O5S. The quantitative estimate of drug-likeness (QED) is 0.343. The van der Waals surface area contributed by atoms with Gasteiger partial charge in [0.25, 0.3) is 5.91 Å². The number of thioether (sulfide) groups is 1. The van der Waals surface area contributed by atoms with Crippen LogP contribution >= 0.6 is 11.8 Å². The number of fused-ring (bicyclic) bond motifs is 6. The summed E-state index contributed by atoms with van der Waals surface area (Å²) in [6.07, 6.45) is 4.33. The van der Waals surface area contributed by atoms with E-state index in [0.717, 1.165) is 35.8 Å². The number of halogens is 2. The molecular weight excluding hydrogens is 600 g/mol. The van der Waals surface area contributed by atoms with Crippen LogP contribution in [0.1, 0.15) is 79.7 Å². The maximum atomic E-state index is 15.6. The van der Waals surface area contributed by atoms with Crippen LogP contribution in [0.2, 0.25) is 0 Å². The summed E-state index contributed by atoms with van der Waals surface area (Å²) in [6.45, 7) is 5.40. The minimum atomic E-state index is -0.935. The third-order valence-electron chi connectivity index (χ3n) is 10.1. The third-order valence-corrected chi connectivity index (χ3v) is 11.3. The Bertz CT molecular complexity index is 1840. The summed E-state index contributed by atoms with van der Waals surface area (Å²) < 4.78 is 44.3. The highest BCUT2D eigenvalue weighted by atomic mass is 32.2. The van der Waals surface area contributed by atoms with Gasteiger partial charge in [0.05, 0.1) is 23.2 Å². The molecule has 5 aliphatic heterocycles. The Morgan fingerprint density at radius 3 is 2.64 bits per heavy atom. The lowest BCUT2D eigenvalue weighted by Gasteiger charge is -2.57. The topological polar surface area (TPSA) is 81.1 Å². The number of carbonyl (C=O) groups is 2. The average Bonchev–Trinajstić information content (AvgIpc) is 3.54. The third kappa shape index (κ3) is 4.15. The first-order chi connectivity index (χ1) is 21.5. The van der Waals surface area contributed by atoms with Crippen molar-refractivity contribution in [1.29, 1.82) is 0 Å². The van der Waals surface area contributed by atoms with Gasteiger partial charge in [-0.3, -0.25) is 24.1 Å². The van der Waals surface area contributed by atoms with Crippen molar-refractivity contribution >= 4 is 23.6 Å². The summed E-state index contributed by atoms with van der Waals surface area (Å²) in [4.78, 5) is 43.7. The molecule has 2 aromatic carbocycles. The van der Waals surface area contributed by atoms with Gasteiger partial charge in [-0.25, -0.2) is 8.78 Å². The van der Waals surface area contributed by atoms with Gasteiger partial charge in [0.1, 0.15) is 6.17 Å². The summed E-state index contributed by atoms with van der Waals surface area (Å²) >= 11 is 1.43. The molecule has 234 valence electrons. The molecule has 2 bridgehead atoms. The van der Waals surface area contributed by atoms with E-state index in [1.54, 1.807) is 36.4 Å². The number of carbonyl (C=O) groups excluding carboxylic acids is 2. The molecule has 8 nitrogen and oxygen atoms in total. The van der Waals surface area contributed by atoms with Crippen molar-refractivity contribution in [2.45, 2.75) is 81.0 Å². The van der Waals surface area contributed by atoms with Crippen molar-refractivity contribution in [1.82, 2.24) is 9.58 Å². The van der Waals surface area contributed by atoms with E-state index in [-0.39, 0.29) is 34.8 Å². The Morgan fingerprint density at radius 1 is 1.07 bits per heavy atom. The zero-order valence-corrected chi connectivity index (χ0v) is 26.0. The molecule has 1 aromatic heterocycles. The lowest BCUT2D eigenvalue weighted by atomic mass is 9.71. The molecule has 3 aromatic rings. The highest BCUT2D eigenvalue weighted by Crippen LogP contribution is 2.57. The van der Waals surface area contributed by atoms with Crippen molar-refractivity contribution in [2.24, 2.45) is 11.3 Å². The smallest absolute Gasteiger partial charge is 0.316 e. The van der Waals surface area contributed by atoms with E-state index in [4.69, 9.17) is 9.47 Å². The van der Waals surface area contributed by atoms with Crippen LogP contribution in [0.15, 0.2) is 58.4 Å². The monoisotopic (exact) mass is 633 g/mol. The number of esters is 1. The lowest BCUT2D eigenvalue weighted by Crippen LogP contribution is -2.70. The molecule has 3 saturated heterocycles. The number of ether oxygens (including phenoxy) is 2. The minimum Gasteiger partial charge on any atom is -0.419 e. The molecule has 1 spiro atoms. The Morgan fingerprint density at radius 2 is 1.87 bits per heavy atom. The summed E-state index contributed by atoms with van der Waals surface area (Å²) in [6, 6.07) is 11.2. The highest BCUT2D eigenvalue weighted by Gasteiger charge is 2.63. The number of benzene rings is 2. The van der Waals surface area contributed by atoms with Gasteiger partial charge in [-0.05, 0) is 69.7 Å². The molecule has 6 heterocycles. The maximum Gasteiger partial charge on any atom is 0.316 e. The number of rotatable bonds is 2. The highest BCUT2D eigenvalue weighted by molar-refractivity contribution is 7.98. The fraction of sp³-hybridized carbons (Fsp3) is 0.441. The van der Waals surface area contributed by atoms with Crippen LogP contribution in [0.5, 0.6) is 5.75 Å². The Balaban J connectivity index is 1.41. The van der Waals surface area contributed by atoms with E-state index in [1.165, 1.54) is 24.0 Å². The van der Waals surface area contributed by atoms with Crippen molar-refractivity contribution in [2.75, 3.05) is 11.6 Å². The summed E-state index contributed by atoms with van der Waals surface area (Å²) in [5.74, 6) is -3.06. The van der Waals surface area contributed by atoms with Crippen molar-refractivity contribution in [3.63, 3.8) is 0 Å². The van der Waals surface area contributed by atoms with Gasteiger partial charge in [0, 0.05) is 40.9 Å². The number of hydrogen-bond donors (Lipinski definition) is 0. The number of nitrogens with zero attached hydrogens (tertiary/aromatic N) is 3. The molecule has 45 heavy (non-hydrogen) atoms. The van der Waals surface area contributed by atoms with E-state index in [2.05, 4.69) is 0 Å². The standard InChI is InChI=1S/C34H33F2N3O5S/c1-33(2,3)32(42)43-29-24(40)11-14-38-28(29)31(41)37-15-13-34-12-10-18(44-34)16-22(34)30(37)39(38)27-19-8-9-23(35)26(36)21(19)17-45-25-7-5-4-6-20(25)27/h4-9,11,14,18,22,27,30H,10,12-13,15-17H2,1-3H3/t18-,22+,27-,30+,34-/m0/s1. The fourth-order valence-electron chi connectivity index (χ4n) is 8.00. The first kappa shape index (κ1) is 28.8. The van der Waals surface area contributed by atoms with Gasteiger partial charge in [-0.15, -0.1) is 11.8 Å². The number of piperidine rings is 1. The molecule has 3 fully saturated rings. The zero-order chi connectivity index (χ0) is 31.4. The van der Waals surface area contributed by atoms with Gasteiger partial charge in [0.2, 0.25) is 11.2 Å². The predicted octanol–water partition coefficient (Wildman–Crippen LogP) is 5.53. The van der Waals surface area contributed by atoms with Crippen LogP contribution in [0.3, 0.4) is 0 Å². The Hall–Kier alpha value is -3.70. The zero-order valence-electron chi connectivity index (χ0n) is 25.2. The molecule has 11 heteroatoms. The van der Waals surface area contributed by atoms with E-state index < -0.39 is 52.2 Å². The van der Waals surface area contributed by atoms with Crippen molar-refractivity contribution < 1.29 is 27.8 Å². The largest absolute Gasteiger partial charge is 0.419 e. The number of amides is 1. The van der Waals surface area contributed by atoms with E-state index >= 15 is 4.39 Å². The first-order valence-corrected chi connectivity index (χ1v) is 16.4. The second kappa shape index (κ2) is 9.90. The van der Waals surface area contributed by atoms with Crippen LogP contribution in [-0.2, 0) is 15.3 Å². The molecule has 0 aliphatic carbocycles. The molecule has 5 aliphatic rings. The van der Waals surface area contributed by atoms with Crippen LogP contribution in [0.25, 0.3) is 0 Å². The van der Waals surface area contributed by atoms with Gasteiger partial charge in [-0.2, -0.15) is 0 Å². The van der Waals surface area contributed by atoms with E-state index in [0.29, 0.717) is 18.5 Å². The molecule has 0 radical (unpaired) electrons. The Kier molecular flexibility index (Phi) is 6.32. The van der Waals surface area contributed by atoms with Gasteiger partial charge in [0.15, 0.2) is 17.3 Å². The van der Waals surface area contributed by atoms with Gasteiger partial charge >= 0.3 is 5.97 Å². The molecule has 0 unspecified atom stereocenters. The first-order valence-electron chi connectivity index (χ1n) is 15.4. The number of aromatic nitrogens is 1. The second-order valence-electron chi connectivity index (χ2n) is 13.7. The fourth-order valence-corrected chi connectivity index (χ4v) is 9.11. The summed E-state index contributed by atoms with van der Waals surface area (Å²) in [5.41, 5.74) is -0.303. The number of hydrogen-bond acceptors (Lipinski definition) is 7. The van der Waals surface area contributed by atoms with Crippen molar-refractivity contribution in [3.8, 4) is 5.75 Å². The lowest BCUT2D eigenvalue weighted by molar-refractivity contribution is -0.143. The molecule has 0 N–H and O–H groups in total. The van der Waals surface area contributed by atoms with Crippen LogP contribution in [-0.4, -0.2) is 45.9 Å². The SMILES string of the molecule is CC(C)(C)C(=O)Oc1c2n(ccc1=O)N([C@@H]1c3ccccc3SCc3c1ccc(F)c3F)[C@@H]1[C@H]3C[C@@H]4CC[C@@]3(CCN1C2=O)O4. The van der Waals surface area contributed by atoms with Gasteiger partial charge < -0.3 is 14.4 Å². The molecule has 0 saturated carbocycles. The normalized spacial score (nSPS) is 28.1. The molecule has 8 rings (SSSR count). The second-order valence-corrected chi connectivity index (χ2v) is 14.7. The van der Waals surface area contributed by atoms with Crippen LogP contribution < -0.4 is 15.2 Å². The van der Waals surface area contributed by atoms with Crippen molar-refractivity contribution in [3.05, 3.63) is 92.9 Å². The van der Waals surface area contributed by atoms with Crippen LogP contribution in [0.4, 0.5) is 8.78 Å². The van der Waals surface area contributed by atoms with Crippen LogP contribution in [0, 0.1) is 23.0 Å². The maximum absolute atomic E-state index is 15.6. The minimum absolute atomic E-state index is 0.0603. The van der Waals surface area contributed by atoms with E-state index in [1.807, 2.05) is 29.3 Å². The average molecular weight is 634 g/mol.